The number of carbonyl (C=O) groups is 1. The van der Waals surface area contributed by atoms with Crippen molar-refractivity contribution in [2.45, 2.75) is 18.9 Å². The van der Waals surface area contributed by atoms with Crippen LogP contribution in [-0.4, -0.2) is 25.1 Å². The quantitative estimate of drug-likeness (QED) is 0.449. The number of methoxy groups -OCH3 is 2. The Balaban J connectivity index is 1.69. The Morgan fingerprint density at radius 2 is 1.93 bits per heavy atom. The number of amides is 1. The second kappa shape index (κ2) is 8.78. The molecule has 2 aromatic heterocycles. The molecule has 0 aliphatic heterocycles. The van der Waals surface area contributed by atoms with E-state index in [4.69, 9.17) is 13.9 Å². The fourth-order valence-corrected chi connectivity index (χ4v) is 3.73. The topological polar surface area (TPSA) is 76.5 Å². The molecular formula is C24H24N2O4. The minimum atomic E-state index is -0.196. The minimum Gasteiger partial charge on any atom is -0.497 e. The summed E-state index contributed by atoms with van der Waals surface area (Å²) in [6.07, 6.45) is 3.84. The van der Waals surface area contributed by atoms with Crippen molar-refractivity contribution in [3.63, 3.8) is 0 Å². The zero-order valence-electron chi connectivity index (χ0n) is 17.0. The largest absolute Gasteiger partial charge is 0.497 e. The van der Waals surface area contributed by atoms with Gasteiger partial charge >= 0.3 is 0 Å². The lowest BCUT2D eigenvalue weighted by molar-refractivity contribution is -0.121. The number of aromatic amines is 1. The molecule has 6 nitrogen and oxygen atoms in total. The number of carbonyl (C=O) groups excluding carboxylic acids is 1. The van der Waals surface area contributed by atoms with E-state index in [0.29, 0.717) is 23.8 Å². The molecule has 30 heavy (non-hydrogen) atoms. The van der Waals surface area contributed by atoms with Crippen molar-refractivity contribution < 1.29 is 18.7 Å². The number of benzene rings is 2. The molecule has 1 unspecified atom stereocenters. The van der Waals surface area contributed by atoms with Gasteiger partial charge in [-0.25, -0.2) is 0 Å². The molecule has 0 aliphatic carbocycles. The summed E-state index contributed by atoms with van der Waals surface area (Å²) in [4.78, 5) is 16.2. The fraction of sp³-hybridized carbons (Fsp3) is 0.208. The molecule has 0 saturated heterocycles. The second-order valence-corrected chi connectivity index (χ2v) is 7.01. The molecule has 6 heteroatoms. The third-order valence-corrected chi connectivity index (χ3v) is 5.24. The smallest absolute Gasteiger partial charge is 0.221 e. The first-order chi connectivity index (χ1) is 14.7. The van der Waals surface area contributed by atoms with Gasteiger partial charge in [0.1, 0.15) is 17.3 Å². The Morgan fingerprint density at radius 3 is 2.70 bits per heavy atom. The van der Waals surface area contributed by atoms with E-state index < -0.39 is 0 Å². The van der Waals surface area contributed by atoms with Crippen LogP contribution < -0.4 is 14.8 Å². The lowest BCUT2D eigenvalue weighted by Crippen LogP contribution is -2.25. The van der Waals surface area contributed by atoms with Gasteiger partial charge in [-0.15, -0.1) is 0 Å². The summed E-state index contributed by atoms with van der Waals surface area (Å²) in [6.45, 7) is 0.353. The summed E-state index contributed by atoms with van der Waals surface area (Å²) in [5.41, 5.74) is 3.00. The van der Waals surface area contributed by atoms with E-state index in [1.165, 1.54) is 0 Å². The molecule has 2 heterocycles. The van der Waals surface area contributed by atoms with Gasteiger partial charge in [-0.1, -0.05) is 24.3 Å². The van der Waals surface area contributed by atoms with Crippen molar-refractivity contribution in [2.75, 3.05) is 14.2 Å². The average molecular weight is 404 g/mol. The van der Waals surface area contributed by atoms with E-state index in [1.54, 1.807) is 26.5 Å². The van der Waals surface area contributed by atoms with Gasteiger partial charge in [-0.05, 0) is 29.8 Å². The van der Waals surface area contributed by atoms with Gasteiger partial charge in [0.15, 0.2) is 0 Å². The predicted molar refractivity (Wildman–Crippen MR) is 115 cm³/mol. The average Bonchev–Trinajstić information content (AvgIpc) is 3.45. The van der Waals surface area contributed by atoms with E-state index in [-0.39, 0.29) is 18.2 Å². The van der Waals surface area contributed by atoms with Crippen molar-refractivity contribution >= 4 is 16.8 Å². The number of furan rings is 1. The van der Waals surface area contributed by atoms with Crippen LogP contribution in [0.3, 0.4) is 0 Å². The minimum absolute atomic E-state index is 0.0699. The number of H-pyrrole nitrogens is 1. The molecule has 1 amide bonds. The number of fused-ring (bicyclic) bond motifs is 1. The first-order valence-corrected chi connectivity index (χ1v) is 9.76. The zero-order valence-corrected chi connectivity index (χ0v) is 17.0. The van der Waals surface area contributed by atoms with Crippen LogP contribution in [0.2, 0.25) is 0 Å². The molecule has 0 bridgehead atoms. The number of para-hydroxylation sites is 1. The van der Waals surface area contributed by atoms with Crippen LogP contribution in [0.4, 0.5) is 0 Å². The number of ether oxygens (including phenoxy) is 2. The van der Waals surface area contributed by atoms with Crippen molar-refractivity contribution in [1.82, 2.24) is 10.3 Å². The highest BCUT2D eigenvalue weighted by Gasteiger charge is 2.24. The first-order valence-electron chi connectivity index (χ1n) is 9.76. The summed E-state index contributed by atoms with van der Waals surface area (Å²) in [5.74, 6) is 1.84. The van der Waals surface area contributed by atoms with Crippen LogP contribution in [0.25, 0.3) is 10.9 Å². The number of aromatic nitrogens is 1. The number of nitrogens with one attached hydrogen (secondary N) is 2. The highest BCUT2D eigenvalue weighted by atomic mass is 16.5. The maximum Gasteiger partial charge on any atom is 0.221 e. The van der Waals surface area contributed by atoms with E-state index in [2.05, 4.69) is 16.4 Å². The van der Waals surface area contributed by atoms with Crippen LogP contribution in [0, 0.1) is 0 Å². The summed E-state index contributed by atoms with van der Waals surface area (Å²) >= 11 is 0. The van der Waals surface area contributed by atoms with Gasteiger partial charge in [0.25, 0.3) is 0 Å². The molecule has 4 rings (SSSR count). The zero-order chi connectivity index (χ0) is 20.9. The van der Waals surface area contributed by atoms with Crippen LogP contribution in [0.15, 0.2) is 71.5 Å². The molecule has 154 valence electrons. The lowest BCUT2D eigenvalue weighted by Gasteiger charge is -2.20. The van der Waals surface area contributed by atoms with Crippen LogP contribution >= 0.6 is 0 Å². The first kappa shape index (κ1) is 19.6. The molecular weight excluding hydrogens is 380 g/mol. The maximum absolute atomic E-state index is 12.8. The van der Waals surface area contributed by atoms with Crippen molar-refractivity contribution in [2.24, 2.45) is 0 Å². The molecule has 1 atom stereocenters. The van der Waals surface area contributed by atoms with E-state index >= 15 is 0 Å². The molecule has 2 N–H and O–H groups in total. The second-order valence-electron chi connectivity index (χ2n) is 7.01. The van der Waals surface area contributed by atoms with Gasteiger partial charge in [-0.2, -0.15) is 0 Å². The highest BCUT2D eigenvalue weighted by Crippen LogP contribution is 2.39. The molecule has 2 aromatic carbocycles. The molecule has 0 spiro atoms. The summed E-state index contributed by atoms with van der Waals surface area (Å²) in [5, 5.41) is 4.03. The van der Waals surface area contributed by atoms with E-state index in [1.807, 2.05) is 48.7 Å². The van der Waals surface area contributed by atoms with Gasteiger partial charge in [-0.3, -0.25) is 4.79 Å². The monoisotopic (exact) mass is 404 g/mol. The number of hydrogen-bond donors (Lipinski definition) is 2. The molecule has 0 aliphatic rings. The van der Waals surface area contributed by atoms with Crippen LogP contribution in [-0.2, 0) is 11.3 Å². The van der Waals surface area contributed by atoms with Crippen LogP contribution in [0.1, 0.15) is 29.2 Å². The Bertz CT molecular complexity index is 1130. The molecule has 0 radical (unpaired) electrons. The lowest BCUT2D eigenvalue weighted by atomic mass is 9.87. The summed E-state index contributed by atoms with van der Waals surface area (Å²) in [7, 11) is 3.25. The van der Waals surface area contributed by atoms with E-state index in [9.17, 15) is 4.79 Å². The van der Waals surface area contributed by atoms with Gasteiger partial charge < -0.3 is 24.2 Å². The number of rotatable bonds is 8. The third kappa shape index (κ3) is 4.03. The van der Waals surface area contributed by atoms with Gasteiger partial charge in [0, 0.05) is 41.1 Å². The summed E-state index contributed by atoms with van der Waals surface area (Å²) in [6, 6.07) is 17.4. The predicted octanol–water partition coefficient (Wildman–Crippen LogP) is 4.62. The standard InChI is InChI=1S/C24H24N2O4/c1-28-16-9-10-19(23(12-16)29-2)20(13-24(27)26-14-17-6-5-11-30-17)21-15-25-22-8-4-3-7-18(21)22/h3-12,15,20,25H,13-14H2,1-2H3,(H,26,27). The highest BCUT2D eigenvalue weighted by molar-refractivity contribution is 5.86. The van der Waals surface area contributed by atoms with E-state index in [0.717, 1.165) is 22.0 Å². The molecule has 4 aromatic rings. The van der Waals surface area contributed by atoms with Gasteiger partial charge in [0.2, 0.25) is 5.91 Å². The molecule has 0 fully saturated rings. The Morgan fingerprint density at radius 1 is 1.07 bits per heavy atom. The van der Waals surface area contributed by atoms with Crippen molar-refractivity contribution in [1.29, 1.82) is 0 Å². The Labute approximate surface area is 174 Å². The Kier molecular flexibility index (Phi) is 5.75. The van der Waals surface area contributed by atoms with Crippen molar-refractivity contribution in [3.05, 3.63) is 83.9 Å². The summed E-state index contributed by atoms with van der Waals surface area (Å²) < 4.78 is 16.3. The fourth-order valence-electron chi connectivity index (χ4n) is 3.73. The van der Waals surface area contributed by atoms with Crippen LogP contribution in [0.5, 0.6) is 11.5 Å². The maximum atomic E-state index is 12.8. The normalized spacial score (nSPS) is 11.9. The van der Waals surface area contributed by atoms with Crippen molar-refractivity contribution in [3.8, 4) is 11.5 Å². The third-order valence-electron chi connectivity index (χ3n) is 5.24. The number of hydrogen-bond acceptors (Lipinski definition) is 4. The Hall–Kier alpha value is -3.67. The SMILES string of the molecule is COc1ccc(C(CC(=O)NCc2ccco2)c2c[nH]c3ccccc23)c(OC)c1. The molecule has 0 saturated carbocycles. The van der Waals surface area contributed by atoms with Gasteiger partial charge in [0.05, 0.1) is 27.0 Å².